The van der Waals surface area contributed by atoms with Crippen LogP contribution in [0.2, 0.25) is 0 Å². The Morgan fingerprint density at radius 1 is 1.24 bits per heavy atom. The van der Waals surface area contributed by atoms with Crippen molar-refractivity contribution in [1.82, 2.24) is 15.1 Å². The fourth-order valence-corrected chi connectivity index (χ4v) is 4.12. The maximum atomic E-state index is 11.1. The molecule has 2 aliphatic rings. The van der Waals surface area contributed by atoms with Crippen LogP contribution in [0.3, 0.4) is 0 Å². The Hall–Kier alpha value is -1.67. The summed E-state index contributed by atoms with van der Waals surface area (Å²) in [6.45, 7) is 7.23. The molecule has 1 amide bonds. The molecule has 7 nitrogen and oxygen atoms in total. The number of likely N-dealkylation sites (tertiary alicyclic amines) is 2. The molecule has 0 spiro atoms. The standard InChI is InChI=1S/C22H35N3O4/c1-18(26)23-17-22(28)8-11-25(16-21(22)27)15-19-6-5-7-20(14-19)29-13-12-24-9-3-2-4-10-24/h5-7,14,21,27-28H,2-4,8-13,15-17H2,1H3,(H,23,26)/t21-,22-/m1/s1. The molecule has 0 saturated carbocycles. The number of rotatable bonds is 8. The van der Waals surface area contributed by atoms with Gasteiger partial charge in [-0.2, -0.15) is 0 Å². The number of hydrogen-bond acceptors (Lipinski definition) is 6. The minimum absolute atomic E-state index is 0.0810. The van der Waals surface area contributed by atoms with E-state index in [9.17, 15) is 15.0 Å². The predicted molar refractivity (Wildman–Crippen MR) is 112 cm³/mol. The number of carbonyl (C=O) groups is 1. The average molecular weight is 406 g/mol. The number of aliphatic hydroxyl groups excluding tert-OH is 1. The molecule has 2 aliphatic heterocycles. The summed E-state index contributed by atoms with van der Waals surface area (Å²) < 4.78 is 5.96. The minimum atomic E-state index is -1.26. The number of nitrogens with zero attached hydrogens (tertiary/aromatic N) is 2. The number of hydrogen-bond donors (Lipinski definition) is 3. The van der Waals surface area contributed by atoms with Crippen molar-refractivity contribution in [3.05, 3.63) is 29.8 Å². The Morgan fingerprint density at radius 3 is 2.76 bits per heavy atom. The van der Waals surface area contributed by atoms with Gasteiger partial charge in [-0.1, -0.05) is 18.6 Å². The molecule has 29 heavy (non-hydrogen) atoms. The van der Waals surface area contributed by atoms with Crippen molar-refractivity contribution >= 4 is 5.91 Å². The van der Waals surface area contributed by atoms with Crippen LogP contribution < -0.4 is 10.1 Å². The van der Waals surface area contributed by atoms with Gasteiger partial charge in [0.05, 0.1) is 6.10 Å². The molecule has 0 bridgehead atoms. The SMILES string of the molecule is CC(=O)NC[C@]1(O)CCN(Cc2cccc(OCCN3CCCCC3)c2)C[C@H]1O. The van der Waals surface area contributed by atoms with Gasteiger partial charge in [0.1, 0.15) is 18.0 Å². The maximum Gasteiger partial charge on any atom is 0.216 e. The summed E-state index contributed by atoms with van der Waals surface area (Å²) in [5.74, 6) is 0.671. The lowest BCUT2D eigenvalue weighted by Gasteiger charge is -2.42. The average Bonchev–Trinajstić information content (AvgIpc) is 2.71. The Bertz CT molecular complexity index is 665. The van der Waals surface area contributed by atoms with Crippen molar-refractivity contribution < 1.29 is 19.7 Å². The van der Waals surface area contributed by atoms with Gasteiger partial charge >= 0.3 is 0 Å². The van der Waals surface area contributed by atoms with Gasteiger partial charge in [-0.05, 0) is 50.0 Å². The van der Waals surface area contributed by atoms with Gasteiger partial charge in [0.15, 0.2) is 0 Å². The highest BCUT2D eigenvalue weighted by Gasteiger charge is 2.40. The van der Waals surface area contributed by atoms with Gasteiger partial charge in [0.25, 0.3) is 0 Å². The Morgan fingerprint density at radius 2 is 2.03 bits per heavy atom. The zero-order chi connectivity index (χ0) is 20.7. The third kappa shape index (κ3) is 6.67. The molecule has 1 aromatic rings. The van der Waals surface area contributed by atoms with E-state index in [0.717, 1.165) is 17.9 Å². The summed E-state index contributed by atoms with van der Waals surface area (Å²) in [5.41, 5.74) is -0.137. The van der Waals surface area contributed by atoms with E-state index in [-0.39, 0.29) is 12.5 Å². The van der Waals surface area contributed by atoms with Gasteiger partial charge in [0.2, 0.25) is 5.91 Å². The second kappa shape index (κ2) is 10.4. The van der Waals surface area contributed by atoms with Gasteiger partial charge in [0, 0.05) is 39.6 Å². The lowest BCUT2D eigenvalue weighted by Crippen LogP contribution is -2.59. The number of amides is 1. The molecule has 2 fully saturated rings. The first kappa shape index (κ1) is 22.0. The van der Waals surface area contributed by atoms with Gasteiger partial charge < -0.3 is 20.3 Å². The van der Waals surface area contributed by atoms with E-state index in [0.29, 0.717) is 32.7 Å². The summed E-state index contributed by atoms with van der Waals surface area (Å²) >= 11 is 0. The molecule has 162 valence electrons. The first-order valence-corrected chi connectivity index (χ1v) is 10.8. The van der Waals surface area contributed by atoms with Crippen LogP contribution in [0.1, 0.15) is 38.2 Å². The fraction of sp³-hybridized carbons (Fsp3) is 0.682. The number of ether oxygens (including phenoxy) is 1. The predicted octanol–water partition coefficient (Wildman–Crippen LogP) is 0.985. The van der Waals surface area contributed by atoms with Gasteiger partial charge in [-0.3, -0.25) is 14.6 Å². The zero-order valence-corrected chi connectivity index (χ0v) is 17.5. The Kier molecular flexibility index (Phi) is 7.89. The van der Waals surface area contributed by atoms with Crippen LogP contribution in [0.4, 0.5) is 0 Å². The van der Waals surface area contributed by atoms with Crippen molar-refractivity contribution in [1.29, 1.82) is 0 Å². The molecule has 3 rings (SSSR count). The molecule has 2 heterocycles. The monoisotopic (exact) mass is 405 g/mol. The molecule has 7 heteroatoms. The van der Waals surface area contributed by atoms with E-state index in [2.05, 4.69) is 27.2 Å². The van der Waals surface area contributed by atoms with E-state index in [4.69, 9.17) is 4.74 Å². The molecular weight excluding hydrogens is 370 g/mol. The summed E-state index contributed by atoms with van der Waals surface area (Å²) in [4.78, 5) is 15.7. The largest absolute Gasteiger partial charge is 0.492 e. The fourth-order valence-electron chi connectivity index (χ4n) is 4.12. The number of piperidine rings is 2. The molecule has 0 aliphatic carbocycles. The van der Waals surface area contributed by atoms with Gasteiger partial charge in [-0.15, -0.1) is 0 Å². The van der Waals surface area contributed by atoms with E-state index in [1.165, 1.54) is 39.3 Å². The molecule has 3 N–H and O–H groups in total. The molecule has 2 saturated heterocycles. The molecule has 2 atom stereocenters. The molecule has 0 unspecified atom stereocenters. The van der Waals surface area contributed by atoms with E-state index >= 15 is 0 Å². The number of β-amino-alcohol motifs (C(OH)–C–C–N with tert-alkyl or cyclic N) is 1. The first-order valence-electron chi connectivity index (χ1n) is 10.8. The molecular formula is C22H35N3O4. The second-order valence-corrected chi connectivity index (χ2v) is 8.41. The number of nitrogens with one attached hydrogen (secondary N) is 1. The lowest BCUT2D eigenvalue weighted by atomic mass is 9.88. The lowest BCUT2D eigenvalue weighted by molar-refractivity contribution is -0.130. The third-order valence-corrected chi connectivity index (χ3v) is 5.99. The first-order chi connectivity index (χ1) is 13.9. The van der Waals surface area contributed by atoms with Gasteiger partial charge in [-0.25, -0.2) is 0 Å². The van der Waals surface area contributed by atoms with Crippen molar-refractivity contribution in [2.45, 2.75) is 50.9 Å². The Labute approximate surface area is 173 Å². The molecule has 0 radical (unpaired) electrons. The van der Waals surface area contributed by atoms with Crippen LogP contribution in [0, 0.1) is 0 Å². The third-order valence-electron chi connectivity index (χ3n) is 5.99. The van der Waals surface area contributed by atoms with Crippen molar-refractivity contribution in [3.63, 3.8) is 0 Å². The number of aliphatic hydroxyl groups is 2. The maximum absolute atomic E-state index is 11.1. The number of benzene rings is 1. The van der Waals surface area contributed by atoms with E-state index in [1.807, 2.05) is 12.1 Å². The second-order valence-electron chi connectivity index (χ2n) is 8.41. The van der Waals surface area contributed by atoms with Crippen molar-refractivity contribution in [3.8, 4) is 5.75 Å². The molecule has 0 aromatic heterocycles. The summed E-state index contributed by atoms with van der Waals surface area (Å²) in [5, 5.41) is 23.6. The summed E-state index contributed by atoms with van der Waals surface area (Å²) in [6.07, 6.45) is 3.44. The van der Waals surface area contributed by atoms with Crippen LogP contribution in [0.15, 0.2) is 24.3 Å². The highest BCUT2D eigenvalue weighted by atomic mass is 16.5. The van der Waals surface area contributed by atoms with E-state index < -0.39 is 11.7 Å². The van der Waals surface area contributed by atoms with Crippen LogP contribution in [0.25, 0.3) is 0 Å². The minimum Gasteiger partial charge on any atom is -0.492 e. The summed E-state index contributed by atoms with van der Waals surface area (Å²) in [6, 6.07) is 8.10. The normalized spacial score (nSPS) is 26.2. The van der Waals surface area contributed by atoms with Crippen LogP contribution in [-0.2, 0) is 11.3 Å². The van der Waals surface area contributed by atoms with Crippen molar-refractivity contribution in [2.75, 3.05) is 45.9 Å². The highest BCUT2D eigenvalue weighted by molar-refractivity contribution is 5.72. The van der Waals surface area contributed by atoms with Crippen LogP contribution in [-0.4, -0.2) is 83.5 Å². The number of carbonyl (C=O) groups excluding carboxylic acids is 1. The smallest absolute Gasteiger partial charge is 0.216 e. The quantitative estimate of drug-likeness (QED) is 0.598. The molecule has 1 aromatic carbocycles. The van der Waals surface area contributed by atoms with Crippen LogP contribution in [0.5, 0.6) is 5.75 Å². The topological polar surface area (TPSA) is 85.3 Å². The highest BCUT2D eigenvalue weighted by Crippen LogP contribution is 2.24. The van der Waals surface area contributed by atoms with Crippen molar-refractivity contribution in [2.24, 2.45) is 0 Å². The Balaban J connectivity index is 1.45. The summed E-state index contributed by atoms with van der Waals surface area (Å²) in [7, 11) is 0. The van der Waals surface area contributed by atoms with Crippen LogP contribution >= 0.6 is 0 Å². The zero-order valence-electron chi connectivity index (χ0n) is 17.5. The van der Waals surface area contributed by atoms with E-state index in [1.54, 1.807) is 0 Å².